The summed E-state index contributed by atoms with van der Waals surface area (Å²) in [4.78, 5) is 29.1. The molecule has 0 spiro atoms. The molecule has 0 radical (unpaired) electrons. The van der Waals surface area contributed by atoms with Crippen LogP contribution in [0.5, 0.6) is 0 Å². The molecule has 0 aliphatic heterocycles. The Morgan fingerprint density at radius 3 is 2.83 bits per heavy atom. The van der Waals surface area contributed by atoms with Crippen molar-refractivity contribution < 1.29 is 9.18 Å². The quantitative estimate of drug-likeness (QED) is 0.765. The zero-order valence-corrected chi connectivity index (χ0v) is 12.7. The minimum Gasteiger partial charge on any atom is -0.368 e. The van der Waals surface area contributed by atoms with Crippen molar-refractivity contribution in [1.29, 1.82) is 0 Å². The maximum Gasteiger partial charge on any atom is 0.272 e. The van der Waals surface area contributed by atoms with E-state index in [2.05, 4.69) is 19.9 Å². The number of hydrogen-bond donors (Lipinski definition) is 2. The van der Waals surface area contributed by atoms with E-state index in [1.807, 2.05) is 0 Å². The number of carbonyl (C=O) groups excluding carboxylic acids is 1. The van der Waals surface area contributed by atoms with Gasteiger partial charge in [0, 0.05) is 12.7 Å². The highest BCUT2D eigenvalue weighted by atomic mass is 19.1. The number of aromatic amines is 1. The van der Waals surface area contributed by atoms with Gasteiger partial charge in [-0.15, -0.1) is 0 Å². The Morgan fingerprint density at radius 2 is 2.09 bits per heavy atom. The average Bonchev–Trinajstić information content (AvgIpc) is 2.86. The summed E-state index contributed by atoms with van der Waals surface area (Å²) < 4.78 is 13.2. The van der Waals surface area contributed by atoms with Crippen LogP contribution in [0.2, 0.25) is 0 Å². The van der Waals surface area contributed by atoms with Gasteiger partial charge in [-0.1, -0.05) is 0 Å². The first-order valence-corrected chi connectivity index (χ1v) is 6.93. The smallest absolute Gasteiger partial charge is 0.272 e. The van der Waals surface area contributed by atoms with Gasteiger partial charge in [0.15, 0.2) is 0 Å². The molecule has 0 fully saturated rings. The van der Waals surface area contributed by atoms with Gasteiger partial charge in [-0.05, 0) is 31.2 Å². The summed E-state index contributed by atoms with van der Waals surface area (Å²) in [7, 11) is 1.63. The number of aromatic nitrogens is 4. The number of aryl methyl sites for hydroxylation is 1. The fourth-order valence-electron chi connectivity index (χ4n) is 2.30. The minimum atomic E-state index is -0.343. The second-order valence-electron chi connectivity index (χ2n) is 5.26. The van der Waals surface area contributed by atoms with E-state index in [4.69, 9.17) is 5.73 Å². The zero-order valence-electron chi connectivity index (χ0n) is 12.7. The number of rotatable bonds is 3. The Labute approximate surface area is 131 Å². The van der Waals surface area contributed by atoms with Crippen molar-refractivity contribution in [2.24, 2.45) is 0 Å². The van der Waals surface area contributed by atoms with Crippen LogP contribution in [0.25, 0.3) is 11.0 Å². The van der Waals surface area contributed by atoms with Crippen molar-refractivity contribution in [2.45, 2.75) is 13.5 Å². The molecular weight excluding hydrogens is 299 g/mol. The van der Waals surface area contributed by atoms with Crippen molar-refractivity contribution in [1.82, 2.24) is 24.8 Å². The van der Waals surface area contributed by atoms with Gasteiger partial charge >= 0.3 is 0 Å². The Kier molecular flexibility index (Phi) is 3.65. The van der Waals surface area contributed by atoms with Gasteiger partial charge in [-0.25, -0.2) is 19.3 Å². The maximum absolute atomic E-state index is 13.2. The summed E-state index contributed by atoms with van der Waals surface area (Å²) in [6.07, 6.45) is 0. The largest absolute Gasteiger partial charge is 0.368 e. The van der Waals surface area contributed by atoms with Crippen molar-refractivity contribution in [3.8, 4) is 0 Å². The SMILES string of the molecule is Cc1cc(C(=O)N(C)Cc2nc3ccc(F)cc3[nH]2)nc(N)n1. The lowest BCUT2D eigenvalue weighted by molar-refractivity contribution is 0.0776. The molecule has 8 heteroatoms. The van der Waals surface area contributed by atoms with Crippen molar-refractivity contribution in [3.05, 3.63) is 47.3 Å². The van der Waals surface area contributed by atoms with E-state index in [1.165, 1.54) is 17.0 Å². The highest BCUT2D eigenvalue weighted by molar-refractivity contribution is 5.92. The molecule has 1 aromatic carbocycles. The van der Waals surface area contributed by atoms with E-state index in [1.54, 1.807) is 26.1 Å². The lowest BCUT2D eigenvalue weighted by atomic mass is 10.3. The van der Waals surface area contributed by atoms with Gasteiger partial charge in [0.05, 0.1) is 17.6 Å². The molecule has 7 nitrogen and oxygen atoms in total. The number of nitrogen functional groups attached to an aromatic ring is 1. The standard InChI is InChI=1S/C15H15FN6O/c1-8-5-12(21-15(17)18-8)14(23)22(2)7-13-19-10-4-3-9(16)6-11(10)20-13/h3-6H,7H2,1-2H3,(H,19,20)(H2,17,18,21). The first-order valence-electron chi connectivity index (χ1n) is 6.93. The lowest BCUT2D eigenvalue weighted by Crippen LogP contribution is -2.28. The van der Waals surface area contributed by atoms with E-state index in [9.17, 15) is 9.18 Å². The molecule has 1 amide bonds. The molecule has 0 atom stereocenters. The number of amides is 1. The molecule has 0 aliphatic rings. The highest BCUT2D eigenvalue weighted by Crippen LogP contribution is 2.14. The summed E-state index contributed by atoms with van der Waals surface area (Å²) in [6, 6.07) is 5.86. The van der Waals surface area contributed by atoms with Gasteiger partial charge in [-0.3, -0.25) is 4.79 Å². The van der Waals surface area contributed by atoms with Crippen molar-refractivity contribution >= 4 is 22.9 Å². The van der Waals surface area contributed by atoms with Gasteiger partial charge in [0.1, 0.15) is 17.3 Å². The predicted octanol–water partition coefficient (Wildman–Crippen LogP) is 1.65. The van der Waals surface area contributed by atoms with Crippen LogP contribution in [0, 0.1) is 12.7 Å². The number of H-pyrrole nitrogens is 1. The monoisotopic (exact) mass is 314 g/mol. The Balaban J connectivity index is 1.81. The third-order valence-electron chi connectivity index (χ3n) is 3.32. The normalized spacial score (nSPS) is 10.9. The van der Waals surface area contributed by atoms with Crippen LogP contribution in [0.4, 0.5) is 10.3 Å². The molecule has 0 saturated heterocycles. The summed E-state index contributed by atoms with van der Waals surface area (Å²) in [5, 5.41) is 0. The second kappa shape index (κ2) is 5.64. The summed E-state index contributed by atoms with van der Waals surface area (Å²) in [5.41, 5.74) is 7.64. The Bertz CT molecular complexity index is 871. The molecule has 0 bridgehead atoms. The van der Waals surface area contributed by atoms with Crippen molar-refractivity contribution in [3.63, 3.8) is 0 Å². The first-order chi connectivity index (χ1) is 10.9. The van der Waals surface area contributed by atoms with Crippen LogP contribution in [0.3, 0.4) is 0 Å². The van der Waals surface area contributed by atoms with Crippen LogP contribution in [-0.2, 0) is 6.54 Å². The number of imidazole rings is 1. The molecule has 3 aromatic rings. The van der Waals surface area contributed by atoms with Crippen LogP contribution in [0.1, 0.15) is 22.0 Å². The predicted molar refractivity (Wildman–Crippen MR) is 83.0 cm³/mol. The molecule has 3 N–H and O–H groups in total. The first kappa shape index (κ1) is 14.9. The number of carbonyl (C=O) groups is 1. The van der Waals surface area contributed by atoms with E-state index in [0.29, 0.717) is 22.6 Å². The second-order valence-corrected chi connectivity index (χ2v) is 5.26. The minimum absolute atomic E-state index is 0.0564. The molecule has 2 heterocycles. The van der Waals surface area contributed by atoms with E-state index >= 15 is 0 Å². The van der Waals surface area contributed by atoms with E-state index in [-0.39, 0.29) is 29.9 Å². The van der Waals surface area contributed by atoms with Crippen LogP contribution >= 0.6 is 0 Å². The zero-order chi connectivity index (χ0) is 16.6. The molecule has 23 heavy (non-hydrogen) atoms. The number of nitrogens with two attached hydrogens (primary N) is 1. The third-order valence-corrected chi connectivity index (χ3v) is 3.32. The fourth-order valence-corrected chi connectivity index (χ4v) is 2.30. The molecular formula is C15H15FN6O. The lowest BCUT2D eigenvalue weighted by Gasteiger charge is -2.15. The number of benzene rings is 1. The number of fused-ring (bicyclic) bond motifs is 1. The summed E-state index contributed by atoms with van der Waals surface area (Å²) >= 11 is 0. The molecule has 3 rings (SSSR count). The van der Waals surface area contributed by atoms with Crippen LogP contribution in [0.15, 0.2) is 24.3 Å². The number of nitrogens with zero attached hydrogens (tertiary/aromatic N) is 4. The molecule has 0 saturated carbocycles. The van der Waals surface area contributed by atoms with Crippen LogP contribution in [-0.4, -0.2) is 37.8 Å². The fraction of sp³-hybridized carbons (Fsp3) is 0.200. The summed E-state index contributed by atoms with van der Waals surface area (Å²) in [5.74, 6) is -0.0286. The molecule has 0 unspecified atom stereocenters. The maximum atomic E-state index is 13.2. The number of nitrogens with one attached hydrogen (secondary N) is 1. The number of halogens is 1. The van der Waals surface area contributed by atoms with Crippen LogP contribution < -0.4 is 5.73 Å². The highest BCUT2D eigenvalue weighted by Gasteiger charge is 2.16. The molecule has 118 valence electrons. The third kappa shape index (κ3) is 3.10. The van der Waals surface area contributed by atoms with E-state index < -0.39 is 0 Å². The van der Waals surface area contributed by atoms with Gasteiger partial charge in [0.2, 0.25) is 5.95 Å². The van der Waals surface area contributed by atoms with Gasteiger partial charge < -0.3 is 15.6 Å². The van der Waals surface area contributed by atoms with Gasteiger partial charge in [-0.2, -0.15) is 0 Å². The average molecular weight is 314 g/mol. The molecule has 2 aromatic heterocycles. The number of hydrogen-bond acceptors (Lipinski definition) is 5. The Hall–Kier alpha value is -3.03. The summed E-state index contributed by atoms with van der Waals surface area (Å²) in [6.45, 7) is 1.97. The van der Waals surface area contributed by atoms with Crippen molar-refractivity contribution in [2.75, 3.05) is 12.8 Å². The molecule has 0 aliphatic carbocycles. The van der Waals surface area contributed by atoms with Gasteiger partial charge in [0.25, 0.3) is 5.91 Å². The Morgan fingerprint density at radius 1 is 1.30 bits per heavy atom. The van der Waals surface area contributed by atoms with E-state index in [0.717, 1.165) is 0 Å². The topological polar surface area (TPSA) is 101 Å². The number of anilines is 1.